The molecule has 0 bridgehead atoms. The summed E-state index contributed by atoms with van der Waals surface area (Å²) in [5.74, 6) is -1.64. The van der Waals surface area contributed by atoms with Crippen LogP contribution in [0, 0.1) is 6.92 Å². The predicted octanol–water partition coefficient (Wildman–Crippen LogP) is 6.51. The number of carbonyl (C=O) groups is 3. The van der Waals surface area contributed by atoms with Crippen molar-refractivity contribution < 1.29 is 19.1 Å². The van der Waals surface area contributed by atoms with Gasteiger partial charge in [0, 0.05) is 26.3 Å². The number of halogens is 2. The SMILES string of the molecule is CCCCOc1ccc(NC(=O)C(=O)Nn2c(C(=O)Nc3ccc(Br)cc3C)cc3cc(Cl)ccc32)cc1. The van der Waals surface area contributed by atoms with E-state index >= 15 is 0 Å². The number of carbonyl (C=O) groups excluding carboxylic acids is 3. The third-order valence-corrected chi connectivity index (χ3v) is 6.46. The van der Waals surface area contributed by atoms with Gasteiger partial charge < -0.3 is 15.4 Å². The molecule has 0 saturated heterocycles. The monoisotopic (exact) mass is 596 g/mol. The van der Waals surface area contributed by atoms with Crippen LogP contribution < -0.4 is 20.8 Å². The van der Waals surface area contributed by atoms with Gasteiger partial charge >= 0.3 is 11.8 Å². The van der Waals surface area contributed by atoms with Gasteiger partial charge in [0.05, 0.1) is 12.1 Å². The van der Waals surface area contributed by atoms with E-state index in [4.69, 9.17) is 16.3 Å². The molecular weight excluding hydrogens is 572 g/mol. The molecular formula is C28H26BrClN4O4. The normalized spacial score (nSPS) is 10.7. The highest BCUT2D eigenvalue weighted by Crippen LogP contribution is 2.25. The second kappa shape index (κ2) is 12.1. The van der Waals surface area contributed by atoms with Gasteiger partial charge in [-0.3, -0.25) is 19.8 Å². The van der Waals surface area contributed by atoms with Crippen LogP contribution in [0.3, 0.4) is 0 Å². The number of unbranched alkanes of at least 4 members (excludes halogenated alkanes) is 1. The number of aryl methyl sites for hydroxylation is 1. The molecule has 0 fully saturated rings. The van der Waals surface area contributed by atoms with Crippen LogP contribution in [0.15, 0.2) is 71.2 Å². The molecule has 10 heteroatoms. The van der Waals surface area contributed by atoms with Gasteiger partial charge in [-0.05, 0) is 85.6 Å². The van der Waals surface area contributed by atoms with Crippen LogP contribution in [0.1, 0.15) is 35.8 Å². The first kappa shape index (κ1) is 27.2. The third-order valence-electron chi connectivity index (χ3n) is 5.73. The number of nitrogens with zero attached hydrogens (tertiary/aromatic N) is 1. The van der Waals surface area contributed by atoms with Crippen LogP contribution in [-0.4, -0.2) is 29.0 Å². The van der Waals surface area contributed by atoms with E-state index in [9.17, 15) is 14.4 Å². The first-order valence-corrected chi connectivity index (χ1v) is 13.2. The average molecular weight is 598 g/mol. The largest absolute Gasteiger partial charge is 0.494 e. The fraction of sp³-hybridized carbons (Fsp3) is 0.179. The standard InChI is InChI=1S/C28H26BrClN4O4/c1-3-4-13-38-22-9-7-21(8-10-22)31-27(36)28(37)33-34-24-12-6-20(30)15-18(24)16-25(34)26(35)32-23-11-5-19(29)14-17(23)2/h5-12,14-16H,3-4,13H2,1-2H3,(H,31,36)(H,32,35)(H,33,37). The number of benzene rings is 3. The summed E-state index contributed by atoms with van der Waals surface area (Å²) in [7, 11) is 0. The maximum Gasteiger partial charge on any atom is 0.328 e. The van der Waals surface area contributed by atoms with Crippen LogP contribution in [0.25, 0.3) is 10.9 Å². The number of fused-ring (bicyclic) bond motifs is 1. The molecule has 1 aromatic heterocycles. The van der Waals surface area contributed by atoms with Crippen LogP contribution >= 0.6 is 27.5 Å². The molecule has 38 heavy (non-hydrogen) atoms. The Kier molecular flexibility index (Phi) is 8.70. The Morgan fingerprint density at radius 1 is 0.947 bits per heavy atom. The third kappa shape index (κ3) is 6.54. The lowest BCUT2D eigenvalue weighted by molar-refractivity contribution is -0.133. The summed E-state index contributed by atoms with van der Waals surface area (Å²) in [4.78, 5) is 38.8. The molecule has 4 aromatic rings. The summed E-state index contributed by atoms with van der Waals surface area (Å²) in [5.41, 5.74) is 5.06. The van der Waals surface area contributed by atoms with Crippen LogP contribution in [0.2, 0.25) is 5.02 Å². The number of hydrogen-bond acceptors (Lipinski definition) is 4. The molecule has 0 spiro atoms. The molecule has 4 rings (SSSR count). The molecule has 0 aliphatic heterocycles. The summed E-state index contributed by atoms with van der Waals surface area (Å²) in [6, 6.07) is 18.8. The Balaban J connectivity index is 1.53. The summed E-state index contributed by atoms with van der Waals surface area (Å²) in [5, 5.41) is 6.51. The highest BCUT2D eigenvalue weighted by atomic mass is 79.9. The van der Waals surface area contributed by atoms with Crippen molar-refractivity contribution in [3.63, 3.8) is 0 Å². The molecule has 0 aliphatic rings. The number of hydrogen-bond donors (Lipinski definition) is 3. The number of anilines is 2. The molecule has 0 aliphatic carbocycles. The highest BCUT2D eigenvalue weighted by molar-refractivity contribution is 9.10. The molecule has 1 heterocycles. The minimum Gasteiger partial charge on any atom is -0.494 e. The number of nitrogens with one attached hydrogen (secondary N) is 3. The quantitative estimate of drug-likeness (QED) is 0.159. The molecule has 3 aromatic carbocycles. The fourth-order valence-corrected chi connectivity index (χ4v) is 4.39. The topological polar surface area (TPSA) is 101 Å². The summed E-state index contributed by atoms with van der Waals surface area (Å²) < 4.78 is 7.78. The van der Waals surface area contributed by atoms with Crippen molar-refractivity contribution in [2.45, 2.75) is 26.7 Å². The van der Waals surface area contributed by atoms with Crippen LogP contribution in [0.4, 0.5) is 11.4 Å². The highest BCUT2D eigenvalue weighted by Gasteiger charge is 2.21. The van der Waals surface area contributed by atoms with Gasteiger partial charge in [-0.25, -0.2) is 4.68 Å². The molecule has 3 N–H and O–H groups in total. The van der Waals surface area contributed by atoms with Gasteiger partial charge in [0.25, 0.3) is 5.91 Å². The van der Waals surface area contributed by atoms with Crippen LogP contribution in [0.5, 0.6) is 5.75 Å². The van der Waals surface area contributed by atoms with Gasteiger partial charge in [0.2, 0.25) is 0 Å². The van der Waals surface area contributed by atoms with E-state index in [0.717, 1.165) is 22.9 Å². The van der Waals surface area contributed by atoms with Crippen molar-refractivity contribution in [1.29, 1.82) is 0 Å². The molecule has 0 atom stereocenters. The smallest absolute Gasteiger partial charge is 0.328 e. The first-order chi connectivity index (χ1) is 18.2. The Morgan fingerprint density at radius 2 is 1.71 bits per heavy atom. The zero-order valence-corrected chi connectivity index (χ0v) is 23.2. The van der Waals surface area contributed by atoms with E-state index in [0.29, 0.717) is 39.7 Å². The summed E-state index contributed by atoms with van der Waals surface area (Å²) in [6.07, 6.45) is 1.97. The van der Waals surface area contributed by atoms with E-state index in [1.807, 2.05) is 19.1 Å². The van der Waals surface area contributed by atoms with Crippen molar-refractivity contribution in [3.05, 3.63) is 87.5 Å². The number of aromatic nitrogens is 1. The maximum absolute atomic E-state index is 13.3. The number of ether oxygens (including phenoxy) is 1. The van der Waals surface area contributed by atoms with Gasteiger partial charge in [-0.1, -0.05) is 40.9 Å². The molecule has 0 radical (unpaired) electrons. The zero-order chi connectivity index (χ0) is 27.2. The van der Waals surface area contributed by atoms with E-state index in [-0.39, 0.29) is 5.69 Å². The Hall–Kier alpha value is -3.82. The van der Waals surface area contributed by atoms with E-state index < -0.39 is 17.7 Å². The Bertz CT molecular complexity index is 1500. The summed E-state index contributed by atoms with van der Waals surface area (Å²) >= 11 is 9.55. The second-order valence-corrected chi connectivity index (χ2v) is 9.96. The lowest BCUT2D eigenvalue weighted by Crippen LogP contribution is -2.36. The van der Waals surface area contributed by atoms with Crippen molar-refractivity contribution in [2.75, 3.05) is 22.7 Å². The Morgan fingerprint density at radius 3 is 2.42 bits per heavy atom. The maximum atomic E-state index is 13.3. The first-order valence-electron chi connectivity index (χ1n) is 12.0. The van der Waals surface area contributed by atoms with E-state index in [1.54, 1.807) is 54.6 Å². The fourth-order valence-electron chi connectivity index (χ4n) is 3.74. The van der Waals surface area contributed by atoms with Gasteiger partial charge in [0.15, 0.2) is 0 Å². The zero-order valence-electron chi connectivity index (χ0n) is 20.8. The molecule has 196 valence electrons. The van der Waals surface area contributed by atoms with Crippen molar-refractivity contribution in [2.24, 2.45) is 0 Å². The molecule has 0 saturated carbocycles. The predicted molar refractivity (Wildman–Crippen MR) is 154 cm³/mol. The van der Waals surface area contributed by atoms with Gasteiger partial charge in [-0.2, -0.15) is 0 Å². The molecule has 0 unspecified atom stereocenters. The van der Waals surface area contributed by atoms with Gasteiger partial charge in [-0.15, -0.1) is 0 Å². The number of rotatable bonds is 8. The minimum atomic E-state index is -0.949. The number of amides is 3. The second-order valence-electron chi connectivity index (χ2n) is 8.60. The van der Waals surface area contributed by atoms with E-state index in [2.05, 4.69) is 38.9 Å². The van der Waals surface area contributed by atoms with Crippen LogP contribution in [-0.2, 0) is 9.59 Å². The lowest BCUT2D eigenvalue weighted by Gasteiger charge is -2.14. The molecule has 8 nitrogen and oxygen atoms in total. The van der Waals surface area contributed by atoms with Crippen molar-refractivity contribution >= 4 is 67.5 Å². The average Bonchev–Trinajstić information content (AvgIpc) is 3.24. The van der Waals surface area contributed by atoms with Crippen molar-refractivity contribution in [3.8, 4) is 5.75 Å². The summed E-state index contributed by atoms with van der Waals surface area (Å²) in [6.45, 7) is 4.56. The van der Waals surface area contributed by atoms with E-state index in [1.165, 1.54) is 4.68 Å². The lowest BCUT2D eigenvalue weighted by atomic mass is 10.2. The molecule has 3 amide bonds. The van der Waals surface area contributed by atoms with Crippen molar-refractivity contribution in [1.82, 2.24) is 4.68 Å². The minimum absolute atomic E-state index is 0.124. The Labute approximate surface area is 233 Å². The van der Waals surface area contributed by atoms with Gasteiger partial charge in [0.1, 0.15) is 11.4 Å².